The first-order valence-corrected chi connectivity index (χ1v) is 8.48. The van der Waals surface area contributed by atoms with Gasteiger partial charge in [0, 0.05) is 23.7 Å². The number of nitrogens with zero attached hydrogens (tertiary/aromatic N) is 1. The Bertz CT molecular complexity index is 737. The van der Waals surface area contributed by atoms with Gasteiger partial charge in [-0.1, -0.05) is 23.7 Å². The van der Waals surface area contributed by atoms with Gasteiger partial charge in [-0.25, -0.2) is 0 Å². The summed E-state index contributed by atoms with van der Waals surface area (Å²) in [6.07, 6.45) is 3.23. The van der Waals surface area contributed by atoms with Crippen molar-refractivity contribution >= 4 is 29.1 Å². The Labute approximate surface area is 146 Å². The van der Waals surface area contributed by atoms with Gasteiger partial charge in [-0.3, -0.25) is 9.59 Å². The van der Waals surface area contributed by atoms with Gasteiger partial charge in [0.15, 0.2) is 0 Å². The van der Waals surface area contributed by atoms with Gasteiger partial charge in [-0.05, 0) is 55.7 Å². The monoisotopic (exact) mass is 342 g/mol. The molecule has 3 rings (SSSR count). The highest BCUT2D eigenvalue weighted by molar-refractivity contribution is 6.30. The zero-order valence-electron chi connectivity index (χ0n) is 13.3. The molecule has 0 atom stereocenters. The third-order valence-corrected chi connectivity index (χ3v) is 4.41. The van der Waals surface area contributed by atoms with Crippen LogP contribution in [0.15, 0.2) is 48.5 Å². The first-order valence-electron chi connectivity index (χ1n) is 8.10. The lowest BCUT2D eigenvalue weighted by Crippen LogP contribution is -2.36. The van der Waals surface area contributed by atoms with E-state index in [1.165, 1.54) is 6.42 Å². The molecule has 1 saturated heterocycles. The lowest BCUT2D eigenvalue weighted by Gasteiger charge is -2.27. The molecule has 2 amide bonds. The summed E-state index contributed by atoms with van der Waals surface area (Å²) >= 11 is 5.85. The lowest BCUT2D eigenvalue weighted by atomic mass is 10.1. The molecule has 0 aromatic heterocycles. The number of carbonyl (C=O) groups is 2. The average Bonchev–Trinajstić information content (AvgIpc) is 2.63. The van der Waals surface area contributed by atoms with E-state index in [4.69, 9.17) is 11.6 Å². The number of carbonyl (C=O) groups excluding carboxylic acids is 2. The molecule has 2 aromatic rings. The normalized spacial score (nSPS) is 14.3. The Morgan fingerprint density at radius 1 is 0.917 bits per heavy atom. The molecule has 1 fully saturated rings. The second-order valence-corrected chi connectivity index (χ2v) is 6.30. The molecule has 0 radical (unpaired) electrons. The van der Waals surface area contributed by atoms with Crippen molar-refractivity contribution in [2.24, 2.45) is 0 Å². The fourth-order valence-corrected chi connectivity index (χ4v) is 2.97. The number of likely N-dealkylation sites (tertiary alicyclic amines) is 1. The van der Waals surface area contributed by atoms with Crippen LogP contribution in [0.1, 0.15) is 40.0 Å². The molecule has 1 aliphatic rings. The smallest absolute Gasteiger partial charge is 0.255 e. The number of hydrogen-bond donors (Lipinski definition) is 1. The second kappa shape index (κ2) is 7.49. The van der Waals surface area contributed by atoms with Crippen LogP contribution in [0, 0.1) is 0 Å². The third kappa shape index (κ3) is 3.77. The Morgan fingerprint density at radius 3 is 2.29 bits per heavy atom. The predicted molar refractivity (Wildman–Crippen MR) is 95.6 cm³/mol. The summed E-state index contributed by atoms with van der Waals surface area (Å²) in [4.78, 5) is 27.0. The van der Waals surface area contributed by atoms with Crippen LogP contribution in [0.25, 0.3) is 0 Å². The maximum atomic E-state index is 12.7. The van der Waals surface area contributed by atoms with Gasteiger partial charge in [0.05, 0.1) is 11.3 Å². The van der Waals surface area contributed by atoms with Crippen molar-refractivity contribution in [2.75, 3.05) is 18.4 Å². The second-order valence-electron chi connectivity index (χ2n) is 5.86. The number of halogens is 1. The fraction of sp³-hybridized carbons (Fsp3) is 0.263. The SMILES string of the molecule is O=C(Nc1ccccc1C(=O)N1CCCCC1)c1ccc(Cl)cc1. The van der Waals surface area contributed by atoms with Crippen LogP contribution >= 0.6 is 11.6 Å². The fourth-order valence-electron chi connectivity index (χ4n) is 2.84. The first-order chi connectivity index (χ1) is 11.6. The number of hydrogen-bond acceptors (Lipinski definition) is 2. The van der Waals surface area contributed by atoms with Gasteiger partial charge in [0.2, 0.25) is 0 Å². The Balaban J connectivity index is 1.79. The van der Waals surface area contributed by atoms with Gasteiger partial charge in [0.25, 0.3) is 11.8 Å². The lowest BCUT2D eigenvalue weighted by molar-refractivity contribution is 0.0725. The largest absolute Gasteiger partial charge is 0.339 e. The molecule has 0 bridgehead atoms. The number of benzene rings is 2. The highest BCUT2D eigenvalue weighted by atomic mass is 35.5. The average molecular weight is 343 g/mol. The van der Waals surface area contributed by atoms with E-state index < -0.39 is 0 Å². The summed E-state index contributed by atoms with van der Waals surface area (Å²) in [5.74, 6) is -0.285. The van der Waals surface area contributed by atoms with Gasteiger partial charge in [0.1, 0.15) is 0 Å². The van der Waals surface area contributed by atoms with Crippen molar-refractivity contribution in [3.05, 3.63) is 64.7 Å². The number of para-hydroxylation sites is 1. The number of nitrogens with one attached hydrogen (secondary N) is 1. The van der Waals surface area contributed by atoms with Crippen LogP contribution in [0.5, 0.6) is 0 Å². The molecule has 4 nitrogen and oxygen atoms in total. The number of rotatable bonds is 3. The molecule has 24 heavy (non-hydrogen) atoms. The maximum absolute atomic E-state index is 12.7. The molecular weight excluding hydrogens is 324 g/mol. The highest BCUT2D eigenvalue weighted by Gasteiger charge is 2.21. The van der Waals surface area contributed by atoms with Crippen LogP contribution < -0.4 is 5.32 Å². The van der Waals surface area contributed by atoms with E-state index in [0.29, 0.717) is 21.8 Å². The topological polar surface area (TPSA) is 49.4 Å². The molecule has 124 valence electrons. The van der Waals surface area contributed by atoms with E-state index in [0.717, 1.165) is 25.9 Å². The number of anilines is 1. The van der Waals surface area contributed by atoms with Crippen molar-refractivity contribution in [1.82, 2.24) is 4.90 Å². The minimum atomic E-state index is -0.259. The van der Waals surface area contributed by atoms with Gasteiger partial charge in [-0.2, -0.15) is 0 Å². The summed E-state index contributed by atoms with van der Waals surface area (Å²) in [5, 5.41) is 3.41. The summed E-state index contributed by atoms with van der Waals surface area (Å²) in [6.45, 7) is 1.55. The summed E-state index contributed by atoms with van der Waals surface area (Å²) in [6, 6.07) is 13.8. The Hall–Kier alpha value is -2.33. The molecule has 5 heteroatoms. The standard InChI is InChI=1S/C19H19ClN2O2/c20-15-10-8-14(9-11-15)18(23)21-17-7-3-2-6-16(17)19(24)22-12-4-1-5-13-22/h2-3,6-11H,1,4-5,12-13H2,(H,21,23). The van der Waals surface area contributed by atoms with Gasteiger partial charge in [-0.15, -0.1) is 0 Å². The van der Waals surface area contributed by atoms with Crippen molar-refractivity contribution in [2.45, 2.75) is 19.3 Å². The summed E-state index contributed by atoms with van der Waals surface area (Å²) in [7, 11) is 0. The zero-order chi connectivity index (χ0) is 16.9. The molecule has 0 saturated carbocycles. The van der Waals surface area contributed by atoms with E-state index in [1.807, 2.05) is 17.0 Å². The van der Waals surface area contributed by atoms with Crippen LogP contribution in [0.2, 0.25) is 5.02 Å². The minimum absolute atomic E-state index is 0.0262. The van der Waals surface area contributed by atoms with E-state index in [9.17, 15) is 9.59 Å². The zero-order valence-corrected chi connectivity index (χ0v) is 14.1. The van der Waals surface area contributed by atoms with Crippen molar-refractivity contribution in [3.63, 3.8) is 0 Å². The van der Waals surface area contributed by atoms with Gasteiger partial charge < -0.3 is 10.2 Å². The van der Waals surface area contributed by atoms with Gasteiger partial charge >= 0.3 is 0 Å². The first kappa shape index (κ1) is 16.5. The van der Waals surface area contributed by atoms with E-state index in [1.54, 1.807) is 36.4 Å². The maximum Gasteiger partial charge on any atom is 0.255 e. The van der Waals surface area contributed by atoms with E-state index >= 15 is 0 Å². The molecule has 1 N–H and O–H groups in total. The summed E-state index contributed by atoms with van der Waals surface area (Å²) in [5.41, 5.74) is 1.56. The van der Waals surface area contributed by atoms with Crippen molar-refractivity contribution in [3.8, 4) is 0 Å². The third-order valence-electron chi connectivity index (χ3n) is 4.16. The van der Waals surface area contributed by atoms with Crippen LogP contribution in [0.4, 0.5) is 5.69 Å². The molecule has 0 spiro atoms. The quantitative estimate of drug-likeness (QED) is 0.908. The van der Waals surface area contributed by atoms with Crippen LogP contribution in [0.3, 0.4) is 0 Å². The predicted octanol–water partition coefficient (Wildman–Crippen LogP) is 4.22. The molecule has 0 unspecified atom stereocenters. The van der Waals surface area contributed by atoms with E-state index in [-0.39, 0.29) is 11.8 Å². The van der Waals surface area contributed by atoms with Crippen LogP contribution in [-0.4, -0.2) is 29.8 Å². The molecule has 1 heterocycles. The van der Waals surface area contributed by atoms with Crippen molar-refractivity contribution in [1.29, 1.82) is 0 Å². The van der Waals surface area contributed by atoms with Crippen molar-refractivity contribution < 1.29 is 9.59 Å². The Morgan fingerprint density at radius 2 is 1.58 bits per heavy atom. The molecule has 1 aliphatic heterocycles. The summed E-state index contributed by atoms with van der Waals surface area (Å²) < 4.78 is 0. The number of piperidine rings is 1. The number of amides is 2. The highest BCUT2D eigenvalue weighted by Crippen LogP contribution is 2.21. The Kier molecular flexibility index (Phi) is 5.16. The van der Waals surface area contributed by atoms with Crippen LogP contribution in [-0.2, 0) is 0 Å². The molecular formula is C19H19ClN2O2. The minimum Gasteiger partial charge on any atom is -0.339 e. The molecule has 2 aromatic carbocycles. The molecule has 0 aliphatic carbocycles. The van der Waals surface area contributed by atoms with E-state index in [2.05, 4.69) is 5.32 Å².